The van der Waals surface area contributed by atoms with Gasteiger partial charge in [0.25, 0.3) is 5.91 Å². The second-order valence-corrected chi connectivity index (χ2v) is 9.52. The molecule has 1 saturated heterocycles. The fourth-order valence-corrected chi connectivity index (χ4v) is 5.10. The van der Waals surface area contributed by atoms with Gasteiger partial charge in [0.15, 0.2) is 5.16 Å². The second-order valence-electron chi connectivity index (χ2n) is 8.57. The van der Waals surface area contributed by atoms with Crippen LogP contribution in [0.2, 0.25) is 0 Å². The van der Waals surface area contributed by atoms with Crippen LogP contribution in [-0.2, 0) is 16.9 Å². The molecule has 0 saturated carbocycles. The Kier molecular flexibility index (Phi) is 7.25. The number of hydrogen-bond acceptors (Lipinski definition) is 5. The van der Waals surface area contributed by atoms with E-state index < -0.39 is 0 Å². The van der Waals surface area contributed by atoms with Crippen molar-refractivity contribution >= 4 is 17.7 Å². The SMILES string of the molecule is Cc1ccccc1-n1c(Cc2ccccc2)nnc1SCc1ccc(C(=O)N2CCOCC2)cc1. The van der Waals surface area contributed by atoms with Crippen molar-refractivity contribution in [1.29, 1.82) is 0 Å². The number of hydrogen-bond donors (Lipinski definition) is 0. The van der Waals surface area contributed by atoms with Crippen LogP contribution < -0.4 is 0 Å². The quantitative estimate of drug-likeness (QED) is 0.348. The number of amides is 1. The van der Waals surface area contributed by atoms with Crippen molar-refractivity contribution in [3.8, 4) is 5.69 Å². The number of rotatable bonds is 7. The van der Waals surface area contributed by atoms with E-state index in [9.17, 15) is 4.79 Å². The molecule has 5 rings (SSSR count). The Morgan fingerprint density at radius 2 is 1.60 bits per heavy atom. The summed E-state index contributed by atoms with van der Waals surface area (Å²) in [5, 5.41) is 9.98. The van der Waals surface area contributed by atoms with E-state index in [0.717, 1.165) is 28.0 Å². The molecule has 2 heterocycles. The summed E-state index contributed by atoms with van der Waals surface area (Å²) in [7, 11) is 0. The van der Waals surface area contributed by atoms with E-state index in [2.05, 4.69) is 46.0 Å². The molecule has 7 heteroatoms. The summed E-state index contributed by atoms with van der Waals surface area (Å²) < 4.78 is 7.52. The van der Waals surface area contributed by atoms with Gasteiger partial charge in [-0.15, -0.1) is 10.2 Å². The summed E-state index contributed by atoms with van der Waals surface area (Å²) in [4.78, 5) is 14.6. The summed E-state index contributed by atoms with van der Waals surface area (Å²) in [5.74, 6) is 1.72. The first-order valence-electron chi connectivity index (χ1n) is 11.8. The predicted molar refractivity (Wildman–Crippen MR) is 138 cm³/mol. The molecule has 178 valence electrons. The van der Waals surface area contributed by atoms with E-state index in [4.69, 9.17) is 4.74 Å². The maximum atomic E-state index is 12.7. The summed E-state index contributed by atoms with van der Waals surface area (Å²) >= 11 is 1.65. The van der Waals surface area contributed by atoms with Gasteiger partial charge < -0.3 is 9.64 Å². The molecule has 0 spiro atoms. The smallest absolute Gasteiger partial charge is 0.254 e. The molecule has 0 atom stereocenters. The van der Waals surface area contributed by atoms with Crippen LogP contribution in [-0.4, -0.2) is 51.9 Å². The average Bonchev–Trinajstić information content (AvgIpc) is 3.30. The van der Waals surface area contributed by atoms with Crippen molar-refractivity contribution in [2.45, 2.75) is 24.3 Å². The normalized spacial score (nSPS) is 13.7. The van der Waals surface area contributed by atoms with Gasteiger partial charge in [0.05, 0.1) is 18.9 Å². The largest absolute Gasteiger partial charge is 0.378 e. The molecule has 0 aliphatic carbocycles. The number of morpholine rings is 1. The zero-order chi connectivity index (χ0) is 24.0. The third-order valence-electron chi connectivity index (χ3n) is 6.13. The van der Waals surface area contributed by atoms with Gasteiger partial charge >= 0.3 is 0 Å². The van der Waals surface area contributed by atoms with E-state index in [-0.39, 0.29) is 5.91 Å². The molecule has 35 heavy (non-hydrogen) atoms. The summed E-state index contributed by atoms with van der Waals surface area (Å²) in [6.07, 6.45) is 0.709. The molecule has 3 aromatic carbocycles. The highest BCUT2D eigenvalue weighted by molar-refractivity contribution is 7.98. The van der Waals surface area contributed by atoms with Crippen molar-refractivity contribution in [3.05, 3.63) is 107 Å². The van der Waals surface area contributed by atoms with Crippen molar-refractivity contribution in [1.82, 2.24) is 19.7 Å². The van der Waals surface area contributed by atoms with Crippen LogP contribution in [0.1, 0.15) is 32.9 Å². The van der Waals surface area contributed by atoms with Gasteiger partial charge in [0, 0.05) is 30.8 Å². The van der Waals surface area contributed by atoms with Crippen LogP contribution in [0.25, 0.3) is 5.69 Å². The topological polar surface area (TPSA) is 60.2 Å². The van der Waals surface area contributed by atoms with Gasteiger partial charge in [-0.25, -0.2) is 0 Å². The third-order valence-corrected chi connectivity index (χ3v) is 7.13. The van der Waals surface area contributed by atoms with Gasteiger partial charge in [-0.1, -0.05) is 72.4 Å². The molecule has 1 aliphatic heterocycles. The van der Waals surface area contributed by atoms with Gasteiger partial charge in [0.1, 0.15) is 5.82 Å². The minimum Gasteiger partial charge on any atom is -0.378 e. The molecule has 0 N–H and O–H groups in total. The van der Waals surface area contributed by atoms with E-state index in [0.29, 0.717) is 38.3 Å². The maximum Gasteiger partial charge on any atom is 0.254 e. The molecule has 0 radical (unpaired) electrons. The number of ether oxygens (including phenoxy) is 1. The Morgan fingerprint density at radius 1 is 0.886 bits per heavy atom. The number of carbonyl (C=O) groups is 1. The summed E-state index contributed by atoms with van der Waals surface area (Å²) in [6.45, 7) is 4.62. The van der Waals surface area contributed by atoms with Gasteiger partial charge in [-0.05, 0) is 41.8 Å². The fraction of sp³-hybridized carbons (Fsp3) is 0.250. The summed E-state index contributed by atoms with van der Waals surface area (Å²) in [5.41, 5.74) is 5.32. The lowest BCUT2D eigenvalue weighted by molar-refractivity contribution is 0.0303. The van der Waals surface area contributed by atoms with E-state index in [1.165, 1.54) is 11.1 Å². The molecule has 1 fully saturated rings. The standard InChI is InChI=1S/C28H28N4O2S/c1-21-7-5-6-10-25(21)32-26(19-22-8-3-2-4-9-22)29-30-28(32)35-20-23-11-13-24(14-12-23)27(33)31-15-17-34-18-16-31/h2-14H,15-20H2,1H3. The molecule has 0 unspecified atom stereocenters. The van der Waals surface area contributed by atoms with Crippen LogP contribution in [0.3, 0.4) is 0 Å². The first kappa shape index (κ1) is 23.3. The number of thioether (sulfide) groups is 1. The molecule has 0 bridgehead atoms. The van der Waals surface area contributed by atoms with Crippen molar-refractivity contribution in [2.24, 2.45) is 0 Å². The van der Waals surface area contributed by atoms with Crippen LogP contribution >= 0.6 is 11.8 Å². The van der Waals surface area contributed by atoms with Crippen LogP contribution in [0.4, 0.5) is 0 Å². The molecule has 1 aromatic heterocycles. The van der Waals surface area contributed by atoms with Crippen LogP contribution in [0, 0.1) is 6.92 Å². The lowest BCUT2D eigenvalue weighted by atomic mass is 10.1. The van der Waals surface area contributed by atoms with E-state index >= 15 is 0 Å². The maximum absolute atomic E-state index is 12.7. The monoisotopic (exact) mass is 484 g/mol. The highest BCUT2D eigenvalue weighted by Crippen LogP contribution is 2.28. The van der Waals surface area contributed by atoms with E-state index in [1.807, 2.05) is 59.5 Å². The predicted octanol–water partition coefficient (Wildman–Crippen LogP) is 4.93. The van der Waals surface area contributed by atoms with Gasteiger partial charge in [-0.3, -0.25) is 9.36 Å². The second kappa shape index (κ2) is 10.9. The molecule has 6 nitrogen and oxygen atoms in total. The molecular weight excluding hydrogens is 456 g/mol. The van der Waals surface area contributed by atoms with E-state index in [1.54, 1.807) is 11.8 Å². The van der Waals surface area contributed by atoms with Crippen LogP contribution in [0.5, 0.6) is 0 Å². The van der Waals surface area contributed by atoms with Crippen LogP contribution in [0.15, 0.2) is 84.0 Å². The Balaban J connectivity index is 1.34. The zero-order valence-corrected chi connectivity index (χ0v) is 20.6. The number of carbonyl (C=O) groups excluding carboxylic acids is 1. The zero-order valence-electron chi connectivity index (χ0n) is 19.8. The van der Waals surface area contributed by atoms with Gasteiger partial charge in [-0.2, -0.15) is 0 Å². The number of aromatic nitrogens is 3. The average molecular weight is 485 g/mol. The van der Waals surface area contributed by atoms with Gasteiger partial charge in [0.2, 0.25) is 0 Å². The Morgan fingerprint density at radius 3 is 2.34 bits per heavy atom. The lowest BCUT2D eigenvalue weighted by Crippen LogP contribution is -2.40. The van der Waals surface area contributed by atoms with Crippen molar-refractivity contribution < 1.29 is 9.53 Å². The lowest BCUT2D eigenvalue weighted by Gasteiger charge is -2.26. The Hall–Kier alpha value is -3.42. The Bertz CT molecular complexity index is 1280. The third kappa shape index (κ3) is 5.47. The molecule has 1 aliphatic rings. The molecular formula is C28H28N4O2S. The van der Waals surface area contributed by atoms with Crippen molar-refractivity contribution in [3.63, 3.8) is 0 Å². The highest BCUT2D eigenvalue weighted by atomic mass is 32.2. The summed E-state index contributed by atoms with van der Waals surface area (Å²) in [6, 6.07) is 26.6. The first-order chi connectivity index (χ1) is 17.2. The molecule has 1 amide bonds. The van der Waals surface area contributed by atoms with Crippen molar-refractivity contribution in [2.75, 3.05) is 26.3 Å². The fourth-order valence-electron chi connectivity index (χ4n) is 4.18. The number of benzene rings is 3. The first-order valence-corrected chi connectivity index (χ1v) is 12.8. The highest BCUT2D eigenvalue weighted by Gasteiger charge is 2.19. The molecule has 4 aromatic rings. The number of para-hydroxylation sites is 1. The minimum atomic E-state index is 0.0670. The minimum absolute atomic E-state index is 0.0670. The Labute approximate surface area is 210 Å². The number of nitrogens with zero attached hydrogens (tertiary/aromatic N) is 4. The number of aryl methyl sites for hydroxylation is 1.